The zero-order valence-electron chi connectivity index (χ0n) is 26.0. The van der Waals surface area contributed by atoms with Crippen LogP contribution in [0.4, 0.5) is 0 Å². The Bertz CT molecular complexity index is 462. The molecule has 0 aliphatic carbocycles. The highest BCUT2D eigenvalue weighted by atomic mass is 16.1. The van der Waals surface area contributed by atoms with Crippen molar-refractivity contribution in [3.05, 3.63) is 11.6 Å². The molecule has 220 valence electrons. The molecule has 1 amide bonds. The lowest BCUT2D eigenvalue weighted by molar-refractivity contribution is -0.121. The summed E-state index contributed by atoms with van der Waals surface area (Å²) in [6.07, 6.45) is 40.0. The van der Waals surface area contributed by atoms with Gasteiger partial charge in [0.1, 0.15) is 0 Å². The van der Waals surface area contributed by atoms with E-state index < -0.39 is 0 Å². The maximum absolute atomic E-state index is 11.6. The molecular weight excluding hydrogens is 450 g/mol. The average Bonchev–Trinajstić information content (AvgIpc) is 2.90. The molecule has 0 radical (unpaired) electrons. The first kappa shape index (κ1) is 36.2. The molecule has 0 saturated carbocycles. The molecule has 0 aliphatic rings. The molecule has 0 bridgehead atoms. The van der Waals surface area contributed by atoms with Crippen molar-refractivity contribution >= 4 is 5.91 Å². The Kier molecular flexibility index (Phi) is 30.8. The van der Waals surface area contributed by atoms with Crippen molar-refractivity contribution in [3.63, 3.8) is 0 Å². The second-order valence-electron chi connectivity index (χ2n) is 11.7. The first-order chi connectivity index (χ1) is 18.2. The molecule has 0 aromatic rings. The monoisotopic (exact) mass is 520 g/mol. The zero-order valence-corrected chi connectivity index (χ0v) is 26.0. The second-order valence-corrected chi connectivity index (χ2v) is 11.7. The maximum atomic E-state index is 11.6. The van der Waals surface area contributed by atoms with Crippen LogP contribution in [0.15, 0.2) is 11.6 Å². The van der Waals surface area contributed by atoms with E-state index in [1.807, 2.05) is 0 Å². The number of allylic oxidation sites excluding steroid dienone is 2. The van der Waals surface area contributed by atoms with Gasteiger partial charge < -0.3 is 5.32 Å². The minimum absolute atomic E-state index is 0.239. The number of amides is 1. The van der Waals surface area contributed by atoms with E-state index in [2.05, 4.69) is 32.2 Å². The van der Waals surface area contributed by atoms with Crippen LogP contribution in [0.3, 0.4) is 0 Å². The standard InChI is InChI=1S/C35H69NO/c1-4-7-10-12-14-17-21-25-29-34(30-26-22-18-15-13-11-8-5-2)31-27-23-19-16-20-24-28-33-36-35(37)32-9-6-3/h31H,4-30,32-33H2,1-3H3,(H,36,37). The lowest BCUT2D eigenvalue weighted by atomic mass is 9.97. The van der Waals surface area contributed by atoms with Gasteiger partial charge in [-0.2, -0.15) is 0 Å². The Labute approximate surface area is 234 Å². The maximum Gasteiger partial charge on any atom is 0.219 e. The number of nitrogens with one attached hydrogen (secondary N) is 1. The van der Waals surface area contributed by atoms with Crippen LogP contribution in [0.2, 0.25) is 0 Å². The summed E-state index contributed by atoms with van der Waals surface area (Å²) in [4.78, 5) is 11.6. The van der Waals surface area contributed by atoms with Crippen LogP contribution in [0.25, 0.3) is 0 Å². The number of unbranched alkanes of at least 4 members (excludes halogenated alkanes) is 21. The van der Waals surface area contributed by atoms with Gasteiger partial charge >= 0.3 is 0 Å². The fourth-order valence-electron chi connectivity index (χ4n) is 5.24. The average molecular weight is 520 g/mol. The number of hydrogen-bond donors (Lipinski definition) is 1. The molecule has 2 nitrogen and oxygen atoms in total. The molecule has 0 rings (SSSR count). The van der Waals surface area contributed by atoms with E-state index in [0.717, 1.165) is 25.8 Å². The fraction of sp³-hybridized carbons (Fsp3) is 0.914. The highest BCUT2D eigenvalue weighted by molar-refractivity contribution is 5.75. The Balaban J connectivity index is 3.97. The van der Waals surface area contributed by atoms with Gasteiger partial charge in [-0.25, -0.2) is 0 Å². The lowest BCUT2D eigenvalue weighted by Crippen LogP contribution is -2.23. The quantitative estimate of drug-likeness (QED) is 0.0741. The molecule has 0 fully saturated rings. The van der Waals surface area contributed by atoms with Gasteiger partial charge in [-0.15, -0.1) is 0 Å². The minimum atomic E-state index is 0.239. The highest BCUT2D eigenvalue weighted by Crippen LogP contribution is 2.20. The van der Waals surface area contributed by atoms with Crippen LogP contribution in [0.5, 0.6) is 0 Å². The summed E-state index contributed by atoms with van der Waals surface area (Å²) >= 11 is 0. The minimum Gasteiger partial charge on any atom is -0.356 e. The van der Waals surface area contributed by atoms with Crippen LogP contribution in [-0.4, -0.2) is 12.5 Å². The Morgan fingerprint density at radius 2 is 0.865 bits per heavy atom. The third-order valence-corrected chi connectivity index (χ3v) is 7.85. The van der Waals surface area contributed by atoms with Gasteiger partial charge in [0.2, 0.25) is 5.91 Å². The molecule has 0 unspecified atom stereocenters. The molecule has 0 aromatic carbocycles. The van der Waals surface area contributed by atoms with Gasteiger partial charge in [-0.1, -0.05) is 154 Å². The first-order valence-electron chi connectivity index (χ1n) is 17.2. The van der Waals surface area contributed by atoms with Crippen molar-refractivity contribution < 1.29 is 4.79 Å². The normalized spacial score (nSPS) is 11.1. The van der Waals surface area contributed by atoms with Crippen LogP contribution >= 0.6 is 0 Å². The van der Waals surface area contributed by atoms with Crippen molar-refractivity contribution in [1.82, 2.24) is 5.32 Å². The van der Waals surface area contributed by atoms with Gasteiger partial charge in [0.15, 0.2) is 0 Å². The molecule has 0 heterocycles. The molecule has 0 spiro atoms. The molecule has 1 N–H and O–H groups in total. The van der Waals surface area contributed by atoms with E-state index in [0.29, 0.717) is 6.42 Å². The summed E-state index contributed by atoms with van der Waals surface area (Å²) in [6.45, 7) is 7.61. The van der Waals surface area contributed by atoms with Crippen LogP contribution in [0.1, 0.15) is 201 Å². The van der Waals surface area contributed by atoms with Gasteiger partial charge in [0.25, 0.3) is 0 Å². The number of carbonyl (C=O) groups is 1. The van der Waals surface area contributed by atoms with Gasteiger partial charge in [-0.3, -0.25) is 4.79 Å². The molecule has 0 aromatic heterocycles. The molecule has 0 saturated heterocycles. The van der Waals surface area contributed by atoms with Gasteiger partial charge in [0.05, 0.1) is 0 Å². The van der Waals surface area contributed by atoms with Crippen molar-refractivity contribution in [2.45, 2.75) is 201 Å². The SMILES string of the molecule is CCCCCCCCCCC(=CCCCCCCCCNC(=O)CCCC)CCCCCCCCCC. The second kappa shape index (κ2) is 31.4. The van der Waals surface area contributed by atoms with E-state index in [1.165, 1.54) is 154 Å². The highest BCUT2D eigenvalue weighted by Gasteiger charge is 2.01. The fourth-order valence-corrected chi connectivity index (χ4v) is 5.24. The predicted octanol–water partition coefficient (Wildman–Crippen LogP) is 12.0. The summed E-state index contributed by atoms with van der Waals surface area (Å²) < 4.78 is 0. The molecular formula is C35H69NO. The summed E-state index contributed by atoms with van der Waals surface area (Å²) in [7, 11) is 0. The number of hydrogen-bond acceptors (Lipinski definition) is 1. The first-order valence-corrected chi connectivity index (χ1v) is 17.2. The van der Waals surface area contributed by atoms with E-state index in [9.17, 15) is 4.79 Å². The number of rotatable bonds is 30. The predicted molar refractivity (Wildman–Crippen MR) is 167 cm³/mol. The van der Waals surface area contributed by atoms with Crippen LogP contribution in [0, 0.1) is 0 Å². The largest absolute Gasteiger partial charge is 0.356 e. The third-order valence-electron chi connectivity index (χ3n) is 7.85. The summed E-state index contributed by atoms with van der Waals surface area (Å²) in [5.41, 5.74) is 1.77. The van der Waals surface area contributed by atoms with Gasteiger partial charge in [0, 0.05) is 13.0 Å². The third kappa shape index (κ3) is 29.6. The summed E-state index contributed by atoms with van der Waals surface area (Å²) in [6, 6.07) is 0. The molecule has 0 atom stereocenters. The Hall–Kier alpha value is -0.790. The van der Waals surface area contributed by atoms with E-state index in [4.69, 9.17) is 0 Å². The molecule has 0 aliphatic heterocycles. The topological polar surface area (TPSA) is 29.1 Å². The summed E-state index contributed by atoms with van der Waals surface area (Å²) in [5, 5.41) is 3.07. The molecule has 37 heavy (non-hydrogen) atoms. The van der Waals surface area contributed by atoms with E-state index >= 15 is 0 Å². The van der Waals surface area contributed by atoms with Crippen molar-refractivity contribution in [3.8, 4) is 0 Å². The van der Waals surface area contributed by atoms with E-state index in [-0.39, 0.29) is 5.91 Å². The van der Waals surface area contributed by atoms with Gasteiger partial charge in [-0.05, 0) is 51.4 Å². The smallest absolute Gasteiger partial charge is 0.219 e. The van der Waals surface area contributed by atoms with Crippen molar-refractivity contribution in [2.24, 2.45) is 0 Å². The lowest BCUT2D eigenvalue weighted by Gasteiger charge is -2.09. The van der Waals surface area contributed by atoms with Crippen LogP contribution < -0.4 is 5.32 Å². The van der Waals surface area contributed by atoms with Crippen molar-refractivity contribution in [2.75, 3.05) is 6.54 Å². The molecule has 2 heteroatoms. The van der Waals surface area contributed by atoms with Crippen molar-refractivity contribution in [1.29, 1.82) is 0 Å². The number of carbonyl (C=O) groups excluding carboxylic acids is 1. The van der Waals surface area contributed by atoms with Crippen LogP contribution in [-0.2, 0) is 4.79 Å². The van der Waals surface area contributed by atoms with E-state index in [1.54, 1.807) is 5.57 Å². The Morgan fingerprint density at radius 1 is 0.459 bits per heavy atom. The summed E-state index contributed by atoms with van der Waals surface area (Å²) in [5.74, 6) is 0.239. The Morgan fingerprint density at radius 3 is 1.35 bits per heavy atom. The zero-order chi connectivity index (χ0) is 27.1.